The van der Waals surface area contributed by atoms with Crippen molar-refractivity contribution in [3.63, 3.8) is 0 Å². The summed E-state index contributed by atoms with van der Waals surface area (Å²) in [5, 5.41) is 14.1. The molecule has 122 valence electrons. The Morgan fingerprint density at radius 3 is 2.83 bits per heavy atom. The second-order valence-corrected chi connectivity index (χ2v) is 5.01. The molecule has 1 aromatic heterocycles. The molecule has 2 N–H and O–H groups in total. The Balaban J connectivity index is 2.19. The maximum Gasteiger partial charge on any atom is 0.340 e. The van der Waals surface area contributed by atoms with Gasteiger partial charge in [0, 0.05) is 6.04 Å². The van der Waals surface area contributed by atoms with Gasteiger partial charge in [-0.3, -0.25) is 0 Å². The SMILES string of the molecule is CCOC(=O)c1ccccc1Nc1nncc(NC(C)CC)n1. The number of ether oxygens (including phenoxy) is 1. The van der Waals surface area contributed by atoms with Crippen molar-refractivity contribution in [3.8, 4) is 0 Å². The minimum absolute atomic E-state index is 0.284. The molecule has 0 radical (unpaired) electrons. The first-order valence-corrected chi connectivity index (χ1v) is 7.63. The van der Waals surface area contributed by atoms with Crippen molar-refractivity contribution in [2.45, 2.75) is 33.2 Å². The number of hydrogen-bond donors (Lipinski definition) is 2. The van der Waals surface area contributed by atoms with Crippen LogP contribution in [0.5, 0.6) is 0 Å². The summed E-state index contributed by atoms with van der Waals surface area (Å²) in [5.74, 6) is 0.554. The van der Waals surface area contributed by atoms with Gasteiger partial charge in [0.25, 0.3) is 0 Å². The van der Waals surface area contributed by atoms with E-state index in [9.17, 15) is 4.79 Å². The summed E-state index contributed by atoms with van der Waals surface area (Å²) < 4.78 is 5.05. The summed E-state index contributed by atoms with van der Waals surface area (Å²) in [6.07, 6.45) is 2.53. The molecule has 0 aliphatic rings. The minimum atomic E-state index is -0.391. The average Bonchev–Trinajstić information content (AvgIpc) is 2.56. The standard InChI is InChI=1S/C16H21N5O2/c1-4-11(3)18-14-10-17-21-16(20-14)19-13-9-7-6-8-12(13)15(22)23-5-2/h6-11H,4-5H2,1-3H3,(H2,18,19,20,21). The zero-order valence-electron chi connectivity index (χ0n) is 13.5. The number of hydrogen-bond acceptors (Lipinski definition) is 7. The van der Waals surface area contributed by atoms with Crippen molar-refractivity contribution in [2.24, 2.45) is 0 Å². The van der Waals surface area contributed by atoms with Crippen LogP contribution in [0.2, 0.25) is 0 Å². The predicted octanol–water partition coefficient (Wildman–Crippen LogP) is 3.00. The number of carbonyl (C=O) groups excluding carboxylic acids is 1. The molecule has 0 bridgehead atoms. The normalized spacial score (nSPS) is 11.6. The topological polar surface area (TPSA) is 89.0 Å². The number of esters is 1. The summed E-state index contributed by atoms with van der Waals surface area (Å²) in [6, 6.07) is 7.34. The Labute approximate surface area is 135 Å². The van der Waals surface area contributed by atoms with Gasteiger partial charge in [-0.15, -0.1) is 5.10 Å². The monoisotopic (exact) mass is 315 g/mol. The number of para-hydroxylation sites is 1. The third kappa shape index (κ3) is 4.64. The summed E-state index contributed by atoms with van der Waals surface area (Å²) in [5.41, 5.74) is 1.01. The number of anilines is 3. The Kier molecular flexibility index (Phi) is 5.85. The van der Waals surface area contributed by atoms with Crippen molar-refractivity contribution in [1.82, 2.24) is 15.2 Å². The van der Waals surface area contributed by atoms with Gasteiger partial charge >= 0.3 is 5.97 Å². The zero-order valence-corrected chi connectivity index (χ0v) is 13.5. The Bertz CT molecular complexity index is 662. The maximum atomic E-state index is 12.0. The highest BCUT2D eigenvalue weighted by molar-refractivity contribution is 5.96. The van der Waals surface area contributed by atoms with E-state index in [1.165, 1.54) is 0 Å². The van der Waals surface area contributed by atoms with Crippen molar-refractivity contribution < 1.29 is 9.53 Å². The molecule has 2 aromatic rings. The van der Waals surface area contributed by atoms with E-state index in [1.807, 2.05) is 6.07 Å². The Morgan fingerprint density at radius 1 is 1.30 bits per heavy atom. The molecule has 1 aromatic carbocycles. The summed E-state index contributed by atoms with van der Waals surface area (Å²) >= 11 is 0. The zero-order chi connectivity index (χ0) is 16.7. The van der Waals surface area contributed by atoms with Gasteiger partial charge in [-0.2, -0.15) is 10.1 Å². The Morgan fingerprint density at radius 2 is 2.09 bits per heavy atom. The minimum Gasteiger partial charge on any atom is -0.462 e. The molecule has 7 heteroatoms. The molecule has 1 atom stereocenters. The third-order valence-electron chi connectivity index (χ3n) is 3.23. The molecule has 1 unspecified atom stereocenters. The molecule has 0 amide bonds. The molecule has 0 aliphatic carbocycles. The molecule has 1 heterocycles. The van der Waals surface area contributed by atoms with Crippen LogP contribution >= 0.6 is 0 Å². The molecule has 0 fully saturated rings. The molecule has 0 saturated heterocycles. The summed E-state index contributed by atoms with van der Waals surface area (Å²) in [7, 11) is 0. The second kappa shape index (κ2) is 8.07. The van der Waals surface area contributed by atoms with Crippen molar-refractivity contribution >= 4 is 23.4 Å². The largest absolute Gasteiger partial charge is 0.462 e. The van der Waals surface area contributed by atoms with Crippen molar-refractivity contribution in [1.29, 1.82) is 0 Å². The molecule has 23 heavy (non-hydrogen) atoms. The van der Waals surface area contributed by atoms with Gasteiger partial charge in [-0.25, -0.2) is 4.79 Å². The lowest BCUT2D eigenvalue weighted by Crippen LogP contribution is -2.15. The number of nitrogens with one attached hydrogen (secondary N) is 2. The van der Waals surface area contributed by atoms with E-state index < -0.39 is 5.97 Å². The predicted molar refractivity (Wildman–Crippen MR) is 88.9 cm³/mol. The molecule has 2 rings (SSSR count). The lowest BCUT2D eigenvalue weighted by atomic mass is 10.2. The van der Waals surface area contributed by atoms with Crippen LogP contribution in [0, 0.1) is 0 Å². The smallest absolute Gasteiger partial charge is 0.340 e. The van der Waals surface area contributed by atoms with Crippen LogP contribution in [0.4, 0.5) is 17.5 Å². The first-order valence-electron chi connectivity index (χ1n) is 7.63. The highest BCUT2D eigenvalue weighted by Gasteiger charge is 2.13. The van der Waals surface area contributed by atoms with Crippen LogP contribution in [-0.4, -0.2) is 33.8 Å². The van der Waals surface area contributed by atoms with Gasteiger partial charge in [-0.1, -0.05) is 19.1 Å². The molecule has 7 nitrogen and oxygen atoms in total. The maximum absolute atomic E-state index is 12.0. The molecular formula is C16H21N5O2. The highest BCUT2D eigenvalue weighted by Crippen LogP contribution is 2.20. The quantitative estimate of drug-likeness (QED) is 0.759. The first kappa shape index (κ1) is 16.7. The molecule has 0 aliphatic heterocycles. The van der Waals surface area contributed by atoms with Gasteiger partial charge in [0.1, 0.15) is 0 Å². The summed E-state index contributed by atoms with van der Waals surface area (Å²) in [6.45, 7) is 6.23. The van der Waals surface area contributed by atoms with E-state index in [0.717, 1.165) is 6.42 Å². The third-order valence-corrected chi connectivity index (χ3v) is 3.23. The van der Waals surface area contributed by atoms with Crippen molar-refractivity contribution in [2.75, 3.05) is 17.2 Å². The number of benzene rings is 1. The van der Waals surface area contributed by atoms with E-state index in [2.05, 4.69) is 39.7 Å². The second-order valence-electron chi connectivity index (χ2n) is 5.01. The number of nitrogens with zero attached hydrogens (tertiary/aromatic N) is 3. The van der Waals surface area contributed by atoms with Gasteiger partial charge < -0.3 is 15.4 Å². The fourth-order valence-corrected chi connectivity index (χ4v) is 1.88. The molecular weight excluding hydrogens is 294 g/mol. The van der Waals surface area contributed by atoms with Crippen LogP contribution in [0.15, 0.2) is 30.5 Å². The van der Waals surface area contributed by atoms with Crippen molar-refractivity contribution in [3.05, 3.63) is 36.0 Å². The van der Waals surface area contributed by atoms with Crippen LogP contribution in [0.1, 0.15) is 37.6 Å². The van der Waals surface area contributed by atoms with Gasteiger partial charge in [-0.05, 0) is 32.4 Å². The fraction of sp³-hybridized carbons (Fsp3) is 0.375. The fourth-order valence-electron chi connectivity index (χ4n) is 1.88. The average molecular weight is 315 g/mol. The van der Waals surface area contributed by atoms with Crippen LogP contribution < -0.4 is 10.6 Å². The number of rotatable bonds is 7. The van der Waals surface area contributed by atoms with Crippen LogP contribution in [0.25, 0.3) is 0 Å². The van der Waals surface area contributed by atoms with E-state index >= 15 is 0 Å². The molecule has 0 saturated carbocycles. The van der Waals surface area contributed by atoms with Gasteiger partial charge in [0.05, 0.1) is 24.1 Å². The van der Waals surface area contributed by atoms with Gasteiger partial charge in [0.15, 0.2) is 5.82 Å². The lowest BCUT2D eigenvalue weighted by Gasteiger charge is -2.13. The Hall–Kier alpha value is -2.70. The van der Waals surface area contributed by atoms with Gasteiger partial charge in [0.2, 0.25) is 5.95 Å². The molecule has 0 spiro atoms. The summed E-state index contributed by atoms with van der Waals surface area (Å²) in [4.78, 5) is 16.3. The van der Waals surface area contributed by atoms with Crippen LogP contribution in [-0.2, 0) is 4.74 Å². The van der Waals surface area contributed by atoms with E-state index in [0.29, 0.717) is 29.6 Å². The lowest BCUT2D eigenvalue weighted by molar-refractivity contribution is 0.0527. The number of carbonyl (C=O) groups is 1. The van der Waals surface area contributed by atoms with E-state index in [-0.39, 0.29) is 6.04 Å². The van der Waals surface area contributed by atoms with Crippen LogP contribution in [0.3, 0.4) is 0 Å². The van der Waals surface area contributed by atoms with E-state index in [4.69, 9.17) is 4.74 Å². The number of aromatic nitrogens is 3. The highest BCUT2D eigenvalue weighted by atomic mass is 16.5. The first-order chi connectivity index (χ1) is 11.1. The van der Waals surface area contributed by atoms with E-state index in [1.54, 1.807) is 31.3 Å².